The molecule has 0 aliphatic rings. The standard InChI is InChI=1S/C8H12N2O2/c1-6-8(12-5-11-3)4-9-7(2)10-6/h4H,5H2,1-3H3. The van der Waals surface area contributed by atoms with E-state index in [4.69, 9.17) is 9.47 Å². The highest BCUT2D eigenvalue weighted by molar-refractivity contribution is 5.22. The molecule has 0 aliphatic heterocycles. The number of hydrogen-bond acceptors (Lipinski definition) is 4. The van der Waals surface area contributed by atoms with Crippen molar-refractivity contribution in [2.24, 2.45) is 0 Å². The second kappa shape index (κ2) is 4.01. The first-order chi connectivity index (χ1) is 5.74. The molecule has 1 aromatic rings. The second-order valence-corrected chi connectivity index (χ2v) is 2.42. The van der Waals surface area contributed by atoms with Crippen LogP contribution >= 0.6 is 0 Å². The van der Waals surface area contributed by atoms with E-state index in [-0.39, 0.29) is 6.79 Å². The van der Waals surface area contributed by atoms with E-state index in [1.165, 1.54) is 0 Å². The highest BCUT2D eigenvalue weighted by Crippen LogP contribution is 2.12. The smallest absolute Gasteiger partial charge is 0.188 e. The van der Waals surface area contributed by atoms with E-state index in [2.05, 4.69) is 9.97 Å². The quantitative estimate of drug-likeness (QED) is 0.633. The zero-order valence-corrected chi connectivity index (χ0v) is 7.50. The number of aryl methyl sites for hydroxylation is 2. The van der Waals surface area contributed by atoms with Gasteiger partial charge in [-0.15, -0.1) is 0 Å². The van der Waals surface area contributed by atoms with Crippen LogP contribution in [0.5, 0.6) is 5.75 Å². The van der Waals surface area contributed by atoms with E-state index in [1.54, 1.807) is 13.3 Å². The summed E-state index contributed by atoms with van der Waals surface area (Å²) < 4.78 is 9.95. The predicted molar refractivity (Wildman–Crippen MR) is 44.0 cm³/mol. The Balaban J connectivity index is 2.72. The van der Waals surface area contributed by atoms with Crippen LogP contribution in [-0.2, 0) is 4.74 Å². The molecular weight excluding hydrogens is 156 g/mol. The molecule has 0 atom stereocenters. The highest BCUT2D eigenvalue weighted by Gasteiger charge is 2.00. The lowest BCUT2D eigenvalue weighted by Crippen LogP contribution is -2.02. The van der Waals surface area contributed by atoms with E-state index in [1.807, 2.05) is 13.8 Å². The van der Waals surface area contributed by atoms with Crippen molar-refractivity contribution in [2.45, 2.75) is 13.8 Å². The molecule has 0 aliphatic carbocycles. The lowest BCUT2D eigenvalue weighted by molar-refractivity contribution is 0.0500. The zero-order chi connectivity index (χ0) is 8.97. The van der Waals surface area contributed by atoms with Crippen molar-refractivity contribution >= 4 is 0 Å². The molecule has 0 aromatic carbocycles. The molecule has 0 fully saturated rings. The first-order valence-corrected chi connectivity index (χ1v) is 3.66. The summed E-state index contributed by atoms with van der Waals surface area (Å²) >= 11 is 0. The molecule has 0 radical (unpaired) electrons. The van der Waals surface area contributed by atoms with Gasteiger partial charge in [0.25, 0.3) is 0 Å². The molecule has 66 valence electrons. The Hall–Kier alpha value is -1.16. The molecule has 0 N–H and O–H groups in total. The lowest BCUT2D eigenvalue weighted by Gasteiger charge is -2.06. The van der Waals surface area contributed by atoms with Gasteiger partial charge in [0, 0.05) is 7.11 Å². The maximum Gasteiger partial charge on any atom is 0.188 e. The molecule has 0 saturated heterocycles. The molecule has 0 bridgehead atoms. The van der Waals surface area contributed by atoms with Crippen LogP contribution in [0.1, 0.15) is 11.5 Å². The summed E-state index contributed by atoms with van der Waals surface area (Å²) in [5.41, 5.74) is 0.833. The molecular formula is C8H12N2O2. The van der Waals surface area contributed by atoms with Crippen LogP contribution < -0.4 is 4.74 Å². The van der Waals surface area contributed by atoms with Gasteiger partial charge >= 0.3 is 0 Å². The number of ether oxygens (including phenoxy) is 2. The fraction of sp³-hybridized carbons (Fsp3) is 0.500. The summed E-state index contributed by atoms with van der Waals surface area (Å²) in [5.74, 6) is 1.42. The third-order valence-electron chi connectivity index (χ3n) is 1.39. The van der Waals surface area contributed by atoms with Crippen LogP contribution in [0.3, 0.4) is 0 Å². The van der Waals surface area contributed by atoms with E-state index < -0.39 is 0 Å². The molecule has 0 amide bonds. The maximum absolute atomic E-state index is 5.19. The van der Waals surface area contributed by atoms with Crippen molar-refractivity contribution in [1.29, 1.82) is 0 Å². The summed E-state index contributed by atoms with van der Waals surface area (Å²) in [5, 5.41) is 0. The van der Waals surface area contributed by atoms with Crippen molar-refractivity contribution in [3.05, 3.63) is 17.7 Å². The average molecular weight is 168 g/mol. The second-order valence-electron chi connectivity index (χ2n) is 2.42. The third-order valence-corrected chi connectivity index (χ3v) is 1.39. The molecule has 0 saturated carbocycles. The number of nitrogens with zero attached hydrogens (tertiary/aromatic N) is 2. The molecule has 0 spiro atoms. The molecule has 1 rings (SSSR count). The minimum absolute atomic E-state index is 0.229. The number of rotatable bonds is 3. The summed E-state index contributed by atoms with van der Waals surface area (Å²) in [4.78, 5) is 8.14. The van der Waals surface area contributed by atoms with E-state index in [9.17, 15) is 0 Å². The van der Waals surface area contributed by atoms with E-state index in [0.29, 0.717) is 5.75 Å². The molecule has 1 heterocycles. The van der Waals surface area contributed by atoms with Gasteiger partial charge in [-0.05, 0) is 13.8 Å². The summed E-state index contributed by atoms with van der Waals surface area (Å²) in [6.07, 6.45) is 1.65. The third kappa shape index (κ3) is 2.17. The van der Waals surface area contributed by atoms with Gasteiger partial charge in [-0.2, -0.15) is 0 Å². The Morgan fingerprint density at radius 1 is 1.42 bits per heavy atom. The zero-order valence-electron chi connectivity index (χ0n) is 7.50. The van der Waals surface area contributed by atoms with Crippen molar-refractivity contribution in [1.82, 2.24) is 9.97 Å². The van der Waals surface area contributed by atoms with Crippen molar-refractivity contribution in [2.75, 3.05) is 13.9 Å². The van der Waals surface area contributed by atoms with Crippen LogP contribution in [0.4, 0.5) is 0 Å². The fourth-order valence-electron chi connectivity index (χ4n) is 0.836. The van der Waals surface area contributed by atoms with Gasteiger partial charge in [-0.25, -0.2) is 9.97 Å². The SMILES string of the molecule is COCOc1cnc(C)nc1C. The summed E-state index contributed by atoms with van der Waals surface area (Å²) in [6.45, 7) is 3.94. The Labute approximate surface area is 71.6 Å². The van der Waals surface area contributed by atoms with Gasteiger partial charge in [0.2, 0.25) is 0 Å². The van der Waals surface area contributed by atoms with E-state index in [0.717, 1.165) is 11.5 Å². The highest BCUT2D eigenvalue weighted by atomic mass is 16.7. The molecule has 1 aromatic heterocycles. The number of aromatic nitrogens is 2. The Kier molecular flexibility index (Phi) is 2.99. The normalized spacial score (nSPS) is 9.92. The molecule has 4 nitrogen and oxygen atoms in total. The van der Waals surface area contributed by atoms with Gasteiger partial charge < -0.3 is 9.47 Å². The Bertz CT molecular complexity index is 263. The topological polar surface area (TPSA) is 44.2 Å². The van der Waals surface area contributed by atoms with Gasteiger partial charge in [0.1, 0.15) is 5.82 Å². The van der Waals surface area contributed by atoms with Crippen LogP contribution in [-0.4, -0.2) is 23.9 Å². The van der Waals surface area contributed by atoms with Crippen molar-refractivity contribution < 1.29 is 9.47 Å². The van der Waals surface area contributed by atoms with Gasteiger partial charge in [0.05, 0.1) is 11.9 Å². The first-order valence-electron chi connectivity index (χ1n) is 3.66. The van der Waals surface area contributed by atoms with Crippen LogP contribution in [0, 0.1) is 13.8 Å². The van der Waals surface area contributed by atoms with Crippen molar-refractivity contribution in [3.8, 4) is 5.75 Å². The molecule has 0 unspecified atom stereocenters. The fourth-order valence-corrected chi connectivity index (χ4v) is 0.836. The Morgan fingerprint density at radius 3 is 2.75 bits per heavy atom. The average Bonchev–Trinajstić information content (AvgIpc) is 2.03. The van der Waals surface area contributed by atoms with Crippen LogP contribution in [0.25, 0.3) is 0 Å². The van der Waals surface area contributed by atoms with Gasteiger partial charge in [0.15, 0.2) is 12.5 Å². The Morgan fingerprint density at radius 2 is 2.17 bits per heavy atom. The van der Waals surface area contributed by atoms with Crippen LogP contribution in [0.2, 0.25) is 0 Å². The summed E-state index contributed by atoms with van der Waals surface area (Å²) in [6, 6.07) is 0. The van der Waals surface area contributed by atoms with Crippen LogP contribution in [0.15, 0.2) is 6.20 Å². The van der Waals surface area contributed by atoms with E-state index >= 15 is 0 Å². The molecule has 12 heavy (non-hydrogen) atoms. The number of methoxy groups -OCH3 is 1. The number of hydrogen-bond donors (Lipinski definition) is 0. The largest absolute Gasteiger partial charge is 0.464 e. The maximum atomic E-state index is 5.19. The minimum Gasteiger partial charge on any atom is -0.464 e. The predicted octanol–water partition coefficient (Wildman–Crippen LogP) is 1.08. The van der Waals surface area contributed by atoms with Gasteiger partial charge in [-0.1, -0.05) is 0 Å². The van der Waals surface area contributed by atoms with Gasteiger partial charge in [-0.3, -0.25) is 0 Å². The summed E-state index contributed by atoms with van der Waals surface area (Å²) in [7, 11) is 1.57. The monoisotopic (exact) mass is 168 g/mol. The molecule has 4 heteroatoms. The first kappa shape index (κ1) is 8.93. The minimum atomic E-state index is 0.229. The lowest BCUT2D eigenvalue weighted by atomic mass is 10.4. The van der Waals surface area contributed by atoms with Crippen molar-refractivity contribution in [3.63, 3.8) is 0 Å².